The maximum Gasteiger partial charge on any atom is 0.293 e. The van der Waals surface area contributed by atoms with E-state index in [-0.39, 0.29) is 23.5 Å². The van der Waals surface area contributed by atoms with Crippen molar-refractivity contribution in [3.8, 4) is 0 Å². The summed E-state index contributed by atoms with van der Waals surface area (Å²) in [5, 5.41) is -0.307. The number of thioether (sulfide) groups is 1. The van der Waals surface area contributed by atoms with Crippen LogP contribution in [0.4, 0.5) is 9.18 Å². The van der Waals surface area contributed by atoms with Gasteiger partial charge in [-0.3, -0.25) is 14.5 Å². The molecule has 1 fully saturated rings. The number of carbonyl (C=O) groups is 2. The minimum atomic E-state index is -0.347. The van der Waals surface area contributed by atoms with Crippen molar-refractivity contribution in [2.24, 2.45) is 0 Å². The Morgan fingerprint density at radius 1 is 0.968 bits per heavy atom. The molecule has 158 valence electrons. The number of hydrogen-bond acceptors (Lipinski definition) is 3. The Morgan fingerprint density at radius 2 is 1.68 bits per heavy atom. The lowest BCUT2D eigenvalue weighted by Crippen LogP contribution is -2.27. The molecule has 0 atom stereocenters. The van der Waals surface area contributed by atoms with Gasteiger partial charge in [0.1, 0.15) is 5.82 Å². The number of aromatic nitrogens is 1. The summed E-state index contributed by atoms with van der Waals surface area (Å²) in [5.41, 5.74) is 5.12. The highest BCUT2D eigenvalue weighted by atomic mass is 32.2. The molecule has 4 rings (SSSR count). The van der Waals surface area contributed by atoms with E-state index in [4.69, 9.17) is 0 Å². The summed E-state index contributed by atoms with van der Waals surface area (Å²) in [7, 11) is 0. The number of hydrogen-bond donors (Lipinski definition) is 0. The first-order valence-corrected chi connectivity index (χ1v) is 10.9. The molecule has 1 aliphatic rings. The van der Waals surface area contributed by atoms with E-state index in [2.05, 4.69) is 23.6 Å². The highest BCUT2D eigenvalue weighted by Crippen LogP contribution is 2.34. The summed E-state index contributed by atoms with van der Waals surface area (Å²) in [4.78, 5) is 26.9. The summed E-state index contributed by atoms with van der Waals surface area (Å²) in [6.07, 6.45) is 2.72. The van der Waals surface area contributed by atoms with Gasteiger partial charge < -0.3 is 4.57 Å². The maximum absolute atomic E-state index is 13.1. The van der Waals surface area contributed by atoms with Gasteiger partial charge in [0, 0.05) is 17.9 Å². The first-order chi connectivity index (χ1) is 14.9. The lowest BCUT2D eigenvalue weighted by molar-refractivity contribution is -0.123. The lowest BCUT2D eigenvalue weighted by atomic mass is 10.1. The molecule has 1 aromatic heterocycles. The van der Waals surface area contributed by atoms with E-state index in [0.717, 1.165) is 41.7 Å². The van der Waals surface area contributed by atoms with Gasteiger partial charge in [0.2, 0.25) is 0 Å². The molecule has 0 N–H and O–H groups in total. The first-order valence-electron chi connectivity index (χ1n) is 10.1. The molecule has 1 aliphatic heterocycles. The molecule has 4 nitrogen and oxygen atoms in total. The van der Waals surface area contributed by atoms with Crippen LogP contribution in [0.5, 0.6) is 0 Å². The maximum atomic E-state index is 13.1. The fourth-order valence-corrected chi connectivity index (χ4v) is 4.58. The molecule has 1 saturated heterocycles. The Hall–Kier alpha value is -3.12. The van der Waals surface area contributed by atoms with Gasteiger partial charge in [-0.25, -0.2) is 4.39 Å². The molecule has 2 aromatic carbocycles. The highest BCUT2D eigenvalue weighted by Gasteiger charge is 2.35. The molecule has 0 bridgehead atoms. The van der Waals surface area contributed by atoms with Gasteiger partial charge in [0.25, 0.3) is 11.1 Å². The van der Waals surface area contributed by atoms with E-state index < -0.39 is 0 Å². The Balaban J connectivity index is 1.51. The van der Waals surface area contributed by atoms with Gasteiger partial charge in [-0.15, -0.1) is 0 Å². The summed E-state index contributed by atoms with van der Waals surface area (Å²) >= 11 is 0.948. The smallest absolute Gasteiger partial charge is 0.293 e. The zero-order valence-corrected chi connectivity index (χ0v) is 18.3. The molecule has 0 unspecified atom stereocenters. The van der Waals surface area contributed by atoms with Crippen molar-refractivity contribution in [2.45, 2.75) is 33.4 Å². The third kappa shape index (κ3) is 4.64. The van der Waals surface area contributed by atoms with Gasteiger partial charge in [0.05, 0.1) is 11.4 Å². The molecular formula is C25H23FN2O2S. The highest BCUT2D eigenvalue weighted by molar-refractivity contribution is 8.18. The number of carbonyl (C=O) groups excluding carboxylic acids is 2. The average molecular weight is 435 g/mol. The SMILES string of the molecule is Cc1cc(/C=C2\SC(=O)N(Cc3ccc(F)cc3)C2=O)c(C)n1CCc1ccccc1. The van der Waals surface area contributed by atoms with Crippen LogP contribution in [0, 0.1) is 19.7 Å². The van der Waals surface area contributed by atoms with Crippen molar-refractivity contribution < 1.29 is 14.0 Å². The topological polar surface area (TPSA) is 42.3 Å². The van der Waals surface area contributed by atoms with Crippen LogP contribution in [0.15, 0.2) is 65.6 Å². The van der Waals surface area contributed by atoms with Crippen LogP contribution in [0.2, 0.25) is 0 Å². The second kappa shape index (κ2) is 8.94. The molecular weight excluding hydrogens is 411 g/mol. The van der Waals surface area contributed by atoms with Crippen LogP contribution in [0.1, 0.15) is 28.1 Å². The standard InChI is InChI=1S/C25H23FN2O2S/c1-17-14-21(18(2)27(17)13-12-19-6-4-3-5-7-19)15-23-24(29)28(25(30)31-23)16-20-8-10-22(26)11-9-20/h3-11,14-15H,12-13,16H2,1-2H3/b23-15-. The number of rotatable bonds is 6. The predicted molar refractivity (Wildman–Crippen MR) is 122 cm³/mol. The van der Waals surface area contributed by atoms with Gasteiger partial charge in [0.15, 0.2) is 0 Å². The number of halogens is 1. The molecule has 0 aliphatic carbocycles. The van der Waals surface area contributed by atoms with Crippen molar-refractivity contribution in [1.82, 2.24) is 9.47 Å². The summed E-state index contributed by atoms with van der Waals surface area (Å²) in [5.74, 6) is -0.659. The summed E-state index contributed by atoms with van der Waals surface area (Å²) < 4.78 is 15.4. The van der Waals surface area contributed by atoms with E-state index in [1.54, 1.807) is 18.2 Å². The zero-order chi connectivity index (χ0) is 22.0. The largest absolute Gasteiger partial charge is 0.348 e. The number of nitrogens with zero attached hydrogens (tertiary/aromatic N) is 2. The Morgan fingerprint density at radius 3 is 2.39 bits per heavy atom. The van der Waals surface area contributed by atoms with Crippen LogP contribution >= 0.6 is 11.8 Å². The van der Waals surface area contributed by atoms with Gasteiger partial charge in [-0.2, -0.15) is 0 Å². The van der Waals surface area contributed by atoms with E-state index in [9.17, 15) is 14.0 Å². The monoisotopic (exact) mass is 434 g/mol. The third-order valence-electron chi connectivity index (χ3n) is 5.49. The van der Waals surface area contributed by atoms with Gasteiger partial charge >= 0.3 is 0 Å². The lowest BCUT2D eigenvalue weighted by Gasteiger charge is -2.12. The number of aryl methyl sites for hydroxylation is 2. The van der Waals surface area contributed by atoms with E-state index in [0.29, 0.717) is 10.5 Å². The molecule has 0 radical (unpaired) electrons. The van der Waals surface area contributed by atoms with Crippen LogP contribution in [-0.2, 0) is 24.3 Å². The fraction of sp³-hybridized carbons (Fsp3) is 0.200. The number of benzene rings is 2. The van der Waals surface area contributed by atoms with E-state index >= 15 is 0 Å². The summed E-state index contributed by atoms with van der Waals surface area (Å²) in [6, 6.07) is 18.2. The summed E-state index contributed by atoms with van der Waals surface area (Å²) in [6.45, 7) is 5.07. The van der Waals surface area contributed by atoms with Crippen LogP contribution in [0.3, 0.4) is 0 Å². The van der Waals surface area contributed by atoms with Gasteiger partial charge in [-0.1, -0.05) is 42.5 Å². The van der Waals surface area contributed by atoms with Gasteiger partial charge in [-0.05, 0) is 73.0 Å². The molecule has 2 amide bonds. The fourth-order valence-electron chi connectivity index (χ4n) is 3.75. The number of imide groups is 1. The van der Waals surface area contributed by atoms with Crippen molar-refractivity contribution in [1.29, 1.82) is 0 Å². The Bertz CT molecular complexity index is 1150. The molecule has 2 heterocycles. The molecule has 6 heteroatoms. The second-order valence-electron chi connectivity index (χ2n) is 7.61. The minimum Gasteiger partial charge on any atom is -0.348 e. The normalized spacial score (nSPS) is 15.3. The average Bonchev–Trinajstić information content (AvgIpc) is 3.18. The van der Waals surface area contributed by atoms with Crippen molar-refractivity contribution in [3.05, 3.63) is 99.5 Å². The second-order valence-corrected chi connectivity index (χ2v) is 8.60. The van der Waals surface area contributed by atoms with Crippen LogP contribution in [0.25, 0.3) is 6.08 Å². The molecule has 31 heavy (non-hydrogen) atoms. The quantitative estimate of drug-likeness (QED) is 0.466. The van der Waals surface area contributed by atoms with Crippen LogP contribution in [-0.4, -0.2) is 20.6 Å². The van der Waals surface area contributed by atoms with Crippen molar-refractivity contribution in [3.63, 3.8) is 0 Å². The van der Waals surface area contributed by atoms with Crippen LogP contribution < -0.4 is 0 Å². The number of amides is 2. The third-order valence-corrected chi connectivity index (χ3v) is 6.40. The predicted octanol–water partition coefficient (Wildman–Crippen LogP) is 5.72. The molecule has 0 saturated carbocycles. The first kappa shape index (κ1) is 21.1. The van der Waals surface area contributed by atoms with Crippen molar-refractivity contribution in [2.75, 3.05) is 0 Å². The van der Waals surface area contributed by atoms with E-state index in [1.807, 2.05) is 31.2 Å². The molecule has 0 spiro atoms. The molecule has 3 aromatic rings. The van der Waals surface area contributed by atoms with Crippen molar-refractivity contribution >= 4 is 29.0 Å². The minimum absolute atomic E-state index is 0.137. The Labute approximate surface area is 185 Å². The zero-order valence-electron chi connectivity index (χ0n) is 17.5. The Kier molecular flexibility index (Phi) is 6.09. The van der Waals surface area contributed by atoms with E-state index in [1.165, 1.54) is 22.6 Å².